The normalized spacial score (nSPS) is 36.8. The van der Waals surface area contributed by atoms with Crippen molar-refractivity contribution in [3.63, 3.8) is 0 Å². The van der Waals surface area contributed by atoms with Crippen molar-refractivity contribution in [1.82, 2.24) is 0 Å². The van der Waals surface area contributed by atoms with Crippen molar-refractivity contribution in [2.45, 2.75) is 135 Å². The fraction of sp³-hybridized carbons (Fsp3) is 1.00. The highest BCUT2D eigenvalue weighted by molar-refractivity contribution is 4.88. The zero-order valence-electron chi connectivity index (χ0n) is 19.2. The van der Waals surface area contributed by atoms with Crippen molar-refractivity contribution in [1.29, 1.82) is 0 Å². The standard InChI is InChI=1S/C28H50/c1-2-3-4-13-28(26-18-14-24(15-19-26)22-9-5-6-10-22)27-20-16-25(17-21-27)23-11-7-8-12-23/h22-28H,2-21H2,1H3. The third kappa shape index (κ3) is 5.37. The molecule has 0 bridgehead atoms. The molecule has 0 atom stereocenters. The molecule has 0 N–H and O–H groups in total. The van der Waals surface area contributed by atoms with Crippen LogP contribution in [0.15, 0.2) is 0 Å². The van der Waals surface area contributed by atoms with Gasteiger partial charge in [0, 0.05) is 0 Å². The molecule has 28 heavy (non-hydrogen) atoms. The van der Waals surface area contributed by atoms with Crippen molar-refractivity contribution >= 4 is 0 Å². The number of rotatable bonds is 8. The molecule has 0 aromatic carbocycles. The average molecular weight is 387 g/mol. The van der Waals surface area contributed by atoms with Crippen molar-refractivity contribution in [3.05, 3.63) is 0 Å². The first-order valence-corrected chi connectivity index (χ1v) is 13.8. The summed E-state index contributed by atoms with van der Waals surface area (Å²) >= 11 is 0. The fourth-order valence-electron chi connectivity index (χ4n) is 8.43. The summed E-state index contributed by atoms with van der Waals surface area (Å²) in [6.07, 6.45) is 31.2. The Hall–Kier alpha value is 0. The van der Waals surface area contributed by atoms with E-state index in [0.717, 1.165) is 41.4 Å². The minimum absolute atomic E-state index is 1.10. The van der Waals surface area contributed by atoms with Crippen molar-refractivity contribution < 1.29 is 0 Å². The molecule has 0 radical (unpaired) electrons. The Morgan fingerprint density at radius 1 is 0.500 bits per heavy atom. The molecular weight excluding hydrogens is 336 g/mol. The van der Waals surface area contributed by atoms with Gasteiger partial charge in [-0.1, -0.05) is 77.6 Å². The second-order valence-corrected chi connectivity index (χ2v) is 11.6. The molecule has 4 rings (SSSR count). The predicted molar refractivity (Wildman–Crippen MR) is 122 cm³/mol. The maximum absolute atomic E-state index is 2.38. The largest absolute Gasteiger partial charge is 0.0654 e. The van der Waals surface area contributed by atoms with Crippen LogP contribution < -0.4 is 0 Å². The zero-order valence-corrected chi connectivity index (χ0v) is 19.2. The molecule has 0 heterocycles. The third-order valence-electron chi connectivity index (χ3n) is 10.1. The molecule has 162 valence electrons. The second kappa shape index (κ2) is 10.9. The first kappa shape index (κ1) is 21.2. The Labute approximate surface area is 177 Å². The predicted octanol–water partition coefficient (Wildman–Crippen LogP) is 9.18. The molecule has 0 nitrogen and oxygen atoms in total. The molecular formula is C28H50. The van der Waals surface area contributed by atoms with Gasteiger partial charge in [-0.15, -0.1) is 0 Å². The van der Waals surface area contributed by atoms with Gasteiger partial charge in [0.1, 0.15) is 0 Å². The minimum atomic E-state index is 1.10. The van der Waals surface area contributed by atoms with Crippen molar-refractivity contribution in [3.8, 4) is 0 Å². The van der Waals surface area contributed by atoms with E-state index in [2.05, 4.69) is 6.92 Å². The van der Waals surface area contributed by atoms with E-state index >= 15 is 0 Å². The summed E-state index contributed by atoms with van der Waals surface area (Å²) in [7, 11) is 0. The fourth-order valence-corrected chi connectivity index (χ4v) is 8.43. The summed E-state index contributed by atoms with van der Waals surface area (Å²) in [5.74, 6) is 7.79. The summed E-state index contributed by atoms with van der Waals surface area (Å²) in [6, 6.07) is 0. The first-order valence-electron chi connectivity index (χ1n) is 13.8. The molecule has 0 saturated heterocycles. The van der Waals surface area contributed by atoms with Crippen LogP contribution in [0.25, 0.3) is 0 Å². The third-order valence-corrected chi connectivity index (χ3v) is 10.1. The lowest BCUT2D eigenvalue weighted by Crippen LogP contribution is -2.32. The van der Waals surface area contributed by atoms with Crippen LogP contribution in [0.3, 0.4) is 0 Å². The molecule has 0 unspecified atom stereocenters. The van der Waals surface area contributed by atoms with Gasteiger partial charge in [0.25, 0.3) is 0 Å². The Kier molecular flexibility index (Phi) is 8.24. The van der Waals surface area contributed by atoms with E-state index in [0.29, 0.717) is 0 Å². The Morgan fingerprint density at radius 2 is 0.893 bits per heavy atom. The second-order valence-electron chi connectivity index (χ2n) is 11.6. The van der Waals surface area contributed by atoms with Gasteiger partial charge in [0.15, 0.2) is 0 Å². The van der Waals surface area contributed by atoms with Crippen LogP contribution in [0.1, 0.15) is 135 Å². The van der Waals surface area contributed by atoms with E-state index in [1.54, 1.807) is 83.5 Å². The maximum Gasteiger partial charge on any atom is -0.0357 e. The Bertz CT molecular complexity index is 375. The van der Waals surface area contributed by atoms with E-state index in [1.807, 2.05) is 0 Å². The van der Waals surface area contributed by atoms with Crippen molar-refractivity contribution in [2.24, 2.45) is 41.4 Å². The lowest BCUT2D eigenvalue weighted by atomic mass is 9.63. The highest BCUT2D eigenvalue weighted by atomic mass is 14.4. The van der Waals surface area contributed by atoms with Crippen LogP contribution in [0.2, 0.25) is 0 Å². The molecule has 0 aromatic heterocycles. The molecule has 0 heteroatoms. The van der Waals surface area contributed by atoms with Gasteiger partial charge in [0.2, 0.25) is 0 Å². The Morgan fingerprint density at radius 3 is 1.29 bits per heavy atom. The summed E-state index contributed by atoms with van der Waals surface area (Å²) in [4.78, 5) is 0. The first-order chi connectivity index (χ1) is 13.8. The van der Waals surface area contributed by atoms with Crippen LogP contribution >= 0.6 is 0 Å². The average Bonchev–Trinajstić information content (AvgIpc) is 3.46. The highest BCUT2D eigenvalue weighted by Gasteiger charge is 2.37. The SMILES string of the molecule is CCCCCC(C1CCC(C2CCCC2)CC1)C1CCC(C2CCCC2)CC1. The van der Waals surface area contributed by atoms with Crippen molar-refractivity contribution in [2.75, 3.05) is 0 Å². The molecule has 4 aliphatic carbocycles. The molecule has 0 aromatic rings. The van der Waals surface area contributed by atoms with Gasteiger partial charge in [-0.2, -0.15) is 0 Å². The van der Waals surface area contributed by atoms with Crippen LogP contribution in [0.4, 0.5) is 0 Å². The smallest absolute Gasteiger partial charge is 0.0357 e. The van der Waals surface area contributed by atoms with E-state index < -0.39 is 0 Å². The topological polar surface area (TPSA) is 0 Å². The van der Waals surface area contributed by atoms with E-state index in [9.17, 15) is 0 Å². The highest BCUT2D eigenvalue weighted by Crippen LogP contribution is 2.49. The summed E-state index contributed by atoms with van der Waals surface area (Å²) in [5.41, 5.74) is 0. The molecule has 0 aliphatic heterocycles. The summed E-state index contributed by atoms with van der Waals surface area (Å²) in [6.45, 7) is 2.38. The maximum atomic E-state index is 2.38. The Balaban J connectivity index is 1.29. The van der Waals surface area contributed by atoms with Crippen LogP contribution in [-0.2, 0) is 0 Å². The van der Waals surface area contributed by atoms with Crippen LogP contribution in [-0.4, -0.2) is 0 Å². The number of hydrogen-bond donors (Lipinski definition) is 0. The molecule has 4 saturated carbocycles. The number of hydrogen-bond acceptors (Lipinski definition) is 0. The van der Waals surface area contributed by atoms with Gasteiger partial charge in [-0.25, -0.2) is 0 Å². The zero-order chi connectivity index (χ0) is 19.2. The van der Waals surface area contributed by atoms with Gasteiger partial charge in [-0.3, -0.25) is 0 Å². The lowest BCUT2D eigenvalue weighted by molar-refractivity contribution is 0.0824. The summed E-state index contributed by atoms with van der Waals surface area (Å²) in [5, 5.41) is 0. The van der Waals surface area contributed by atoms with Gasteiger partial charge in [0.05, 0.1) is 0 Å². The lowest BCUT2D eigenvalue weighted by Gasteiger charge is -2.42. The monoisotopic (exact) mass is 386 g/mol. The minimum Gasteiger partial charge on any atom is -0.0654 e. The van der Waals surface area contributed by atoms with Crippen LogP contribution in [0.5, 0.6) is 0 Å². The molecule has 4 aliphatic rings. The van der Waals surface area contributed by atoms with E-state index in [-0.39, 0.29) is 0 Å². The molecule has 0 amide bonds. The van der Waals surface area contributed by atoms with Gasteiger partial charge in [-0.05, 0) is 99.2 Å². The van der Waals surface area contributed by atoms with Gasteiger partial charge >= 0.3 is 0 Å². The summed E-state index contributed by atoms with van der Waals surface area (Å²) < 4.78 is 0. The number of unbranched alkanes of at least 4 members (excludes halogenated alkanes) is 2. The van der Waals surface area contributed by atoms with E-state index in [4.69, 9.17) is 0 Å². The molecule has 4 fully saturated rings. The van der Waals surface area contributed by atoms with Crippen LogP contribution in [0, 0.1) is 41.4 Å². The van der Waals surface area contributed by atoms with E-state index in [1.165, 1.54) is 44.9 Å². The quantitative estimate of drug-likeness (QED) is 0.365. The van der Waals surface area contributed by atoms with Gasteiger partial charge < -0.3 is 0 Å². The molecule has 0 spiro atoms.